The van der Waals surface area contributed by atoms with Crippen LogP contribution in [0.25, 0.3) is 0 Å². The Labute approximate surface area is 144 Å². The molecular weight excluding hydrogens is 334 g/mol. The Kier molecular flexibility index (Phi) is 5.58. The van der Waals surface area contributed by atoms with E-state index in [2.05, 4.69) is 10.6 Å². The lowest BCUT2D eigenvalue weighted by molar-refractivity contribution is -0.137. The molecule has 1 heterocycles. The summed E-state index contributed by atoms with van der Waals surface area (Å²) in [6.07, 6.45) is 1.16. The van der Waals surface area contributed by atoms with Gasteiger partial charge in [0.1, 0.15) is 5.70 Å². The summed E-state index contributed by atoms with van der Waals surface area (Å²) < 4.78 is 0. The van der Waals surface area contributed by atoms with E-state index in [0.717, 1.165) is 11.0 Å². The first-order valence-electron chi connectivity index (χ1n) is 7.39. The smallest absolute Gasteiger partial charge is 0.277 e. The normalized spacial score (nSPS) is 14.2. The van der Waals surface area contributed by atoms with Crippen LogP contribution in [-0.4, -0.2) is 46.9 Å². The van der Waals surface area contributed by atoms with Crippen LogP contribution in [0.2, 0.25) is 5.02 Å². The lowest BCUT2D eigenvalue weighted by Crippen LogP contribution is -2.34. The average molecular weight is 352 g/mol. The summed E-state index contributed by atoms with van der Waals surface area (Å²) in [6.45, 7) is 3.32. The van der Waals surface area contributed by atoms with Crippen LogP contribution < -0.4 is 10.6 Å². The molecule has 0 fully saturated rings. The summed E-state index contributed by atoms with van der Waals surface area (Å²) >= 11 is 6.12. The maximum Gasteiger partial charge on any atom is 0.277 e. The molecule has 2 rings (SSSR count). The molecule has 1 aliphatic rings. The molecule has 128 valence electrons. The van der Waals surface area contributed by atoms with Gasteiger partial charge in [0.25, 0.3) is 17.7 Å². The number of anilines is 1. The predicted molar refractivity (Wildman–Crippen MR) is 89.6 cm³/mol. The van der Waals surface area contributed by atoms with Gasteiger partial charge in [0.05, 0.1) is 23.7 Å². The van der Waals surface area contributed by atoms with Gasteiger partial charge in [0, 0.05) is 17.8 Å². The molecule has 0 unspecified atom stereocenters. The van der Waals surface area contributed by atoms with Crippen molar-refractivity contribution in [1.82, 2.24) is 10.2 Å². The van der Waals surface area contributed by atoms with Crippen molar-refractivity contribution in [2.75, 3.05) is 18.5 Å². The van der Waals surface area contributed by atoms with Crippen LogP contribution in [0, 0.1) is 0 Å². The summed E-state index contributed by atoms with van der Waals surface area (Å²) in [5.74, 6) is -1.30. The van der Waals surface area contributed by atoms with Gasteiger partial charge in [-0.3, -0.25) is 19.3 Å². The van der Waals surface area contributed by atoms with E-state index in [0.29, 0.717) is 11.3 Å². The summed E-state index contributed by atoms with van der Waals surface area (Å²) in [7, 11) is 0. The van der Waals surface area contributed by atoms with Gasteiger partial charge in [-0.15, -0.1) is 0 Å². The first-order valence-corrected chi connectivity index (χ1v) is 7.77. The number of imide groups is 1. The van der Waals surface area contributed by atoms with Crippen LogP contribution in [0.3, 0.4) is 0 Å². The number of nitrogens with one attached hydrogen (secondary N) is 2. The van der Waals surface area contributed by atoms with Crippen molar-refractivity contribution in [3.8, 4) is 0 Å². The maximum absolute atomic E-state index is 12.1. The number of amides is 3. The third-order valence-corrected chi connectivity index (χ3v) is 3.56. The third kappa shape index (κ3) is 3.93. The lowest BCUT2D eigenvalue weighted by atomic mass is 10.1. The highest BCUT2D eigenvalue weighted by molar-refractivity contribution is 6.34. The number of hydrogen-bond acceptors (Lipinski definition) is 5. The number of nitrogens with zero attached hydrogens (tertiary/aromatic N) is 1. The fourth-order valence-corrected chi connectivity index (χ4v) is 2.45. The molecule has 3 N–H and O–H groups in total. The highest BCUT2D eigenvalue weighted by Crippen LogP contribution is 2.23. The second-order valence-electron chi connectivity index (χ2n) is 5.52. The Balaban J connectivity index is 2.13. The zero-order valence-electron chi connectivity index (χ0n) is 13.3. The van der Waals surface area contributed by atoms with Crippen molar-refractivity contribution in [1.29, 1.82) is 0 Å². The van der Waals surface area contributed by atoms with Gasteiger partial charge in [0.2, 0.25) is 0 Å². The molecular formula is C16H18ClN3O4. The van der Waals surface area contributed by atoms with E-state index in [1.54, 1.807) is 6.07 Å². The van der Waals surface area contributed by atoms with Crippen LogP contribution in [0.5, 0.6) is 0 Å². The number of β-amino-alcohol motifs (C(OH)–C–C–N with tert-alkyl or cyclic N) is 1. The fraction of sp³-hybridized carbons (Fsp3) is 0.312. The van der Waals surface area contributed by atoms with Crippen molar-refractivity contribution in [2.45, 2.75) is 19.9 Å². The highest BCUT2D eigenvalue weighted by Gasteiger charge is 2.30. The van der Waals surface area contributed by atoms with E-state index >= 15 is 0 Å². The fourth-order valence-electron chi connectivity index (χ4n) is 2.18. The number of aliphatic hydroxyl groups excluding tert-OH is 1. The number of rotatable bonds is 6. The standard InChI is InChI=1S/C16H18ClN3O4/c1-9(2)18-15(23)11-4-3-10(7-12(11)17)19-13-8-14(22)20(5-6-21)16(13)24/h3-4,7-9,19,21H,5-6H2,1-2H3,(H,18,23). The van der Waals surface area contributed by atoms with E-state index in [-0.39, 0.29) is 35.8 Å². The molecule has 24 heavy (non-hydrogen) atoms. The van der Waals surface area contributed by atoms with Gasteiger partial charge < -0.3 is 15.7 Å². The van der Waals surface area contributed by atoms with Gasteiger partial charge in [-0.2, -0.15) is 0 Å². The van der Waals surface area contributed by atoms with E-state index in [1.165, 1.54) is 12.1 Å². The molecule has 1 aliphatic heterocycles. The molecule has 1 aromatic carbocycles. The van der Waals surface area contributed by atoms with Crippen LogP contribution in [0.1, 0.15) is 24.2 Å². The Morgan fingerprint density at radius 2 is 2.04 bits per heavy atom. The number of benzene rings is 1. The minimum atomic E-state index is -0.521. The molecule has 0 aliphatic carbocycles. The summed E-state index contributed by atoms with van der Waals surface area (Å²) in [6, 6.07) is 4.62. The number of carbonyl (C=O) groups excluding carboxylic acids is 3. The molecule has 0 spiro atoms. The third-order valence-electron chi connectivity index (χ3n) is 3.25. The topological polar surface area (TPSA) is 98.7 Å². The first kappa shape index (κ1) is 18.0. The van der Waals surface area contributed by atoms with Gasteiger partial charge in [-0.25, -0.2) is 0 Å². The van der Waals surface area contributed by atoms with E-state index < -0.39 is 11.8 Å². The Hall–Kier alpha value is -2.38. The minimum Gasteiger partial charge on any atom is -0.395 e. The van der Waals surface area contributed by atoms with Gasteiger partial charge >= 0.3 is 0 Å². The Morgan fingerprint density at radius 1 is 1.33 bits per heavy atom. The van der Waals surface area contributed by atoms with Crippen molar-refractivity contribution in [3.05, 3.63) is 40.6 Å². The van der Waals surface area contributed by atoms with Crippen molar-refractivity contribution < 1.29 is 19.5 Å². The van der Waals surface area contributed by atoms with E-state index in [1.807, 2.05) is 13.8 Å². The highest BCUT2D eigenvalue weighted by atomic mass is 35.5. The van der Waals surface area contributed by atoms with Crippen molar-refractivity contribution in [2.24, 2.45) is 0 Å². The van der Waals surface area contributed by atoms with Crippen LogP contribution >= 0.6 is 11.6 Å². The summed E-state index contributed by atoms with van der Waals surface area (Å²) in [4.78, 5) is 36.7. The Morgan fingerprint density at radius 3 is 2.62 bits per heavy atom. The number of aliphatic hydroxyl groups is 1. The summed E-state index contributed by atoms with van der Waals surface area (Å²) in [5, 5.41) is 14.6. The minimum absolute atomic E-state index is 0.0174. The zero-order valence-corrected chi connectivity index (χ0v) is 14.1. The second-order valence-corrected chi connectivity index (χ2v) is 5.93. The molecule has 0 saturated heterocycles. The van der Waals surface area contributed by atoms with Gasteiger partial charge in [-0.05, 0) is 32.0 Å². The largest absolute Gasteiger partial charge is 0.395 e. The van der Waals surface area contributed by atoms with E-state index in [4.69, 9.17) is 16.7 Å². The molecule has 0 radical (unpaired) electrons. The number of hydrogen-bond donors (Lipinski definition) is 3. The number of halogens is 1. The van der Waals surface area contributed by atoms with Gasteiger partial charge in [-0.1, -0.05) is 11.6 Å². The first-order chi connectivity index (χ1) is 11.3. The second kappa shape index (κ2) is 7.46. The molecule has 7 nitrogen and oxygen atoms in total. The monoisotopic (exact) mass is 351 g/mol. The van der Waals surface area contributed by atoms with Crippen molar-refractivity contribution >= 4 is 35.0 Å². The maximum atomic E-state index is 12.1. The molecule has 0 atom stereocenters. The predicted octanol–water partition coefficient (Wildman–Crippen LogP) is 1.14. The van der Waals surface area contributed by atoms with Crippen molar-refractivity contribution in [3.63, 3.8) is 0 Å². The summed E-state index contributed by atoms with van der Waals surface area (Å²) in [5.41, 5.74) is 0.879. The Bertz CT molecular complexity index is 715. The molecule has 0 aromatic heterocycles. The molecule has 8 heteroatoms. The quantitative estimate of drug-likeness (QED) is 0.667. The SMILES string of the molecule is CC(C)NC(=O)c1ccc(NC2=CC(=O)N(CCO)C2=O)cc1Cl. The molecule has 3 amide bonds. The molecule has 1 aromatic rings. The molecule has 0 bridgehead atoms. The lowest BCUT2D eigenvalue weighted by Gasteiger charge is -2.14. The average Bonchev–Trinajstić information content (AvgIpc) is 2.74. The van der Waals surface area contributed by atoms with E-state index in [9.17, 15) is 14.4 Å². The van der Waals surface area contributed by atoms with Crippen LogP contribution in [0.4, 0.5) is 5.69 Å². The van der Waals surface area contributed by atoms with Gasteiger partial charge in [0.15, 0.2) is 0 Å². The van der Waals surface area contributed by atoms with Crippen LogP contribution in [-0.2, 0) is 9.59 Å². The van der Waals surface area contributed by atoms with Crippen LogP contribution in [0.15, 0.2) is 30.0 Å². The molecule has 0 saturated carbocycles. The number of carbonyl (C=O) groups is 3. The zero-order chi connectivity index (χ0) is 17.9.